The van der Waals surface area contributed by atoms with Gasteiger partial charge in [0.05, 0.1) is 6.61 Å². The lowest BCUT2D eigenvalue weighted by Crippen LogP contribution is -2.42. The second-order valence-electron chi connectivity index (χ2n) is 6.89. The highest BCUT2D eigenvalue weighted by atomic mass is 16.5. The molecular formula is C19H28N4O3. The number of aliphatic hydroxyl groups is 1. The van der Waals surface area contributed by atoms with Crippen LogP contribution in [0.3, 0.4) is 0 Å². The van der Waals surface area contributed by atoms with Gasteiger partial charge in [0.2, 0.25) is 5.89 Å². The second-order valence-corrected chi connectivity index (χ2v) is 6.89. The molecule has 1 unspecified atom stereocenters. The van der Waals surface area contributed by atoms with Gasteiger partial charge in [-0.15, -0.1) is 0 Å². The van der Waals surface area contributed by atoms with E-state index in [9.17, 15) is 9.90 Å². The fourth-order valence-electron chi connectivity index (χ4n) is 2.60. The lowest BCUT2D eigenvalue weighted by molar-refractivity contribution is 0.169. The van der Waals surface area contributed by atoms with E-state index in [1.807, 2.05) is 31.2 Å². The number of nitrogens with one attached hydrogen (secondary N) is 1. The zero-order valence-corrected chi connectivity index (χ0v) is 15.9. The maximum atomic E-state index is 12.6. The molecule has 0 aliphatic carbocycles. The van der Waals surface area contributed by atoms with Crippen molar-refractivity contribution in [2.75, 3.05) is 13.2 Å². The number of carbonyl (C=O) groups excluding carboxylic acids is 1. The molecule has 2 amide bonds. The van der Waals surface area contributed by atoms with Crippen LogP contribution in [0.4, 0.5) is 4.79 Å². The van der Waals surface area contributed by atoms with Gasteiger partial charge in [-0.2, -0.15) is 4.98 Å². The zero-order valence-electron chi connectivity index (χ0n) is 15.9. The Kier molecular flexibility index (Phi) is 7.15. The number of nitrogens with zero attached hydrogens (tertiary/aromatic N) is 3. The molecule has 7 heteroatoms. The van der Waals surface area contributed by atoms with E-state index in [2.05, 4.69) is 29.3 Å². The summed E-state index contributed by atoms with van der Waals surface area (Å²) in [6, 6.07) is 7.19. The third-order valence-electron chi connectivity index (χ3n) is 4.06. The fraction of sp³-hybridized carbons (Fsp3) is 0.526. The normalized spacial score (nSPS) is 12.2. The van der Waals surface area contributed by atoms with Gasteiger partial charge >= 0.3 is 6.03 Å². The van der Waals surface area contributed by atoms with Gasteiger partial charge in [-0.05, 0) is 30.9 Å². The maximum absolute atomic E-state index is 12.6. The van der Waals surface area contributed by atoms with Crippen molar-refractivity contribution in [3.63, 3.8) is 0 Å². The van der Waals surface area contributed by atoms with Crippen molar-refractivity contribution in [3.05, 3.63) is 47.1 Å². The van der Waals surface area contributed by atoms with Gasteiger partial charge in [0, 0.05) is 19.5 Å². The molecule has 1 heterocycles. The summed E-state index contributed by atoms with van der Waals surface area (Å²) in [5.41, 5.74) is 2.15. The highest BCUT2D eigenvalue weighted by Crippen LogP contribution is 2.14. The number of amides is 2. The molecule has 0 spiro atoms. The average molecular weight is 360 g/mol. The molecule has 1 aromatic heterocycles. The third-order valence-corrected chi connectivity index (χ3v) is 4.06. The van der Waals surface area contributed by atoms with E-state index in [1.54, 1.807) is 11.8 Å². The van der Waals surface area contributed by atoms with Crippen molar-refractivity contribution in [1.29, 1.82) is 0 Å². The number of hydrogen-bond acceptors (Lipinski definition) is 5. The van der Waals surface area contributed by atoms with Gasteiger partial charge in [-0.25, -0.2) is 4.79 Å². The summed E-state index contributed by atoms with van der Waals surface area (Å²) in [5, 5.41) is 16.1. The number of urea groups is 1. The smallest absolute Gasteiger partial charge is 0.318 e. The Hall–Kier alpha value is -2.41. The number of aromatic nitrogens is 2. The first-order valence-electron chi connectivity index (χ1n) is 8.94. The molecule has 0 radical (unpaired) electrons. The molecular weight excluding hydrogens is 332 g/mol. The molecule has 0 saturated heterocycles. The van der Waals surface area contributed by atoms with Crippen LogP contribution in [0.2, 0.25) is 0 Å². The summed E-state index contributed by atoms with van der Waals surface area (Å²) in [6.45, 7) is 8.53. The highest BCUT2D eigenvalue weighted by molar-refractivity contribution is 5.74. The van der Waals surface area contributed by atoms with Gasteiger partial charge in [-0.1, -0.05) is 43.3 Å². The van der Waals surface area contributed by atoms with E-state index >= 15 is 0 Å². The van der Waals surface area contributed by atoms with Crippen LogP contribution in [0.15, 0.2) is 28.8 Å². The van der Waals surface area contributed by atoms with E-state index in [0.717, 1.165) is 17.5 Å². The third kappa shape index (κ3) is 5.56. The Bertz CT molecular complexity index is 714. The SMILES string of the molecule is Cc1ccccc1CN(CCO)C(=O)NC(C)c1nc(CC(C)C)no1. The lowest BCUT2D eigenvalue weighted by atomic mass is 10.1. The molecule has 7 nitrogen and oxygen atoms in total. The second kappa shape index (κ2) is 9.33. The first-order chi connectivity index (χ1) is 12.4. The number of rotatable bonds is 8. The first kappa shape index (κ1) is 19.9. The maximum Gasteiger partial charge on any atom is 0.318 e. The largest absolute Gasteiger partial charge is 0.395 e. The Labute approximate surface area is 154 Å². The molecule has 0 saturated carbocycles. The van der Waals surface area contributed by atoms with Crippen molar-refractivity contribution in [3.8, 4) is 0 Å². The van der Waals surface area contributed by atoms with Gasteiger partial charge in [0.25, 0.3) is 0 Å². The molecule has 0 aliphatic heterocycles. The van der Waals surface area contributed by atoms with Crippen LogP contribution < -0.4 is 5.32 Å². The predicted octanol–water partition coefficient (Wildman–Crippen LogP) is 2.84. The minimum absolute atomic E-state index is 0.104. The Morgan fingerprint density at radius 3 is 2.69 bits per heavy atom. The van der Waals surface area contributed by atoms with Crippen molar-refractivity contribution in [2.24, 2.45) is 5.92 Å². The molecule has 26 heavy (non-hydrogen) atoms. The number of carbonyl (C=O) groups is 1. The van der Waals surface area contributed by atoms with Crippen LogP contribution in [-0.4, -0.2) is 39.3 Å². The van der Waals surface area contributed by atoms with Crippen LogP contribution in [-0.2, 0) is 13.0 Å². The summed E-state index contributed by atoms with van der Waals surface area (Å²) in [4.78, 5) is 18.6. The molecule has 0 fully saturated rings. The quantitative estimate of drug-likeness (QED) is 0.755. The first-order valence-corrected chi connectivity index (χ1v) is 8.94. The summed E-state index contributed by atoms with van der Waals surface area (Å²) in [5.74, 6) is 1.46. The number of benzene rings is 1. The topological polar surface area (TPSA) is 91.5 Å². The average Bonchev–Trinajstić information content (AvgIpc) is 3.04. The Balaban J connectivity index is 2.02. The minimum Gasteiger partial charge on any atom is -0.395 e. The molecule has 142 valence electrons. The summed E-state index contributed by atoms with van der Waals surface area (Å²) >= 11 is 0. The molecule has 2 rings (SSSR count). The molecule has 2 aromatic rings. The minimum atomic E-state index is -0.408. The highest BCUT2D eigenvalue weighted by Gasteiger charge is 2.21. The van der Waals surface area contributed by atoms with Gasteiger partial charge in [0.15, 0.2) is 5.82 Å². The van der Waals surface area contributed by atoms with Gasteiger partial charge in [-0.3, -0.25) is 0 Å². The zero-order chi connectivity index (χ0) is 19.1. The number of aryl methyl sites for hydroxylation is 1. The Morgan fingerprint density at radius 2 is 2.04 bits per heavy atom. The summed E-state index contributed by atoms with van der Waals surface area (Å²) in [6.07, 6.45) is 0.730. The van der Waals surface area contributed by atoms with Crippen molar-refractivity contribution in [2.45, 2.75) is 46.7 Å². The van der Waals surface area contributed by atoms with Gasteiger partial charge < -0.3 is 19.8 Å². The van der Waals surface area contributed by atoms with Crippen molar-refractivity contribution >= 4 is 6.03 Å². The monoisotopic (exact) mass is 360 g/mol. The van der Waals surface area contributed by atoms with Gasteiger partial charge in [0.1, 0.15) is 6.04 Å². The number of aliphatic hydroxyl groups excluding tert-OH is 1. The fourth-order valence-corrected chi connectivity index (χ4v) is 2.60. The van der Waals surface area contributed by atoms with Crippen LogP contribution in [0, 0.1) is 12.8 Å². The molecule has 0 bridgehead atoms. The van der Waals surface area contributed by atoms with Crippen LogP contribution in [0.25, 0.3) is 0 Å². The lowest BCUT2D eigenvalue weighted by Gasteiger charge is -2.24. The van der Waals surface area contributed by atoms with Crippen molar-refractivity contribution in [1.82, 2.24) is 20.4 Å². The van der Waals surface area contributed by atoms with E-state index in [-0.39, 0.29) is 19.2 Å². The summed E-state index contributed by atoms with van der Waals surface area (Å²) in [7, 11) is 0. The van der Waals surface area contributed by atoms with Crippen LogP contribution >= 0.6 is 0 Å². The van der Waals surface area contributed by atoms with E-state index < -0.39 is 6.04 Å². The number of hydrogen-bond donors (Lipinski definition) is 2. The molecule has 0 aliphatic rings. The van der Waals surface area contributed by atoms with E-state index in [4.69, 9.17) is 4.52 Å². The van der Waals surface area contributed by atoms with E-state index in [0.29, 0.717) is 24.2 Å². The van der Waals surface area contributed by atoms with Crippen molar-refractivity contribution < 1.29 is 14.4 Å². The summed E-state index contributed by atoms with van der Waals surface area (Å²) < 4.78 is 5.26. The Morgan fingerprint density at radius 1 is 1.31 bits per heavy atom. The molecule has 2 N–H and O–H groups in total. The van der Waals surface area contributed by atoms with Crippen LogP contribution in [0.5, 0.6) is 0 Å². The standard InChI is InChI=1S/C19H28N4O3/c1-13(2)11-17-21-18(26-22-17)15(4)20-19(25)23(9-10-24)12-16-8-6-5-7-14(16)3/h5-8,13,15,24H,9-12H2,1-4H3,(H,20,25). The predicted molar refractivity (Wildman–Crippen MR) is 98.5 cm³/mol. The van der Waals surface area contributed by atoms with E-state index in [1.165, 1.54) is 0 Å². The van der Waals surface area contributed by atoms with Crippen LogP contribution in [0.1, 0.15) is 49.7 Å². The molecule has 1 aromatic carbocycles. The molecule has 1 atom stereocenters.